The number of hydrogen-bond donors (Lipinski definition) is 1. The van der Waals surface area contributed by atoms with E-state index in [-0.39, 0.29) is 11.7 Å². The average Bonchev–Trinajstić information content (AvgIpc) is 2.46. The first-order chi connectivity index (χ1) is 9.97. The normalized spacial score (nSPS) is 12.1. The van der Waals surface area contributed by atoms with Crippen molar-refractivity contribution >= 4 is 17.3 Å². The minimum absolute atomic E-state index is 0.0548. The van der Waals surface area contributed by atoms with Crippen LogP contribution in [0.4, 0.5) is 5.69 Å². The molecule has 0 spiro atoms. The van der Waals surface area contributed by atoms with Crippen LogP contribution >= 0.6 is 11.6 Å². The van der Waals surface area contributed by atoms with Crippen LogP contribution < -0.4 is 5.32 Å². The highest BCUT2D eigenvalue weighted by Gasteiger charge is 2.11. The second-order valence-electron chi connectivity index (χ2n) is 5.05. The highest BCUT2D eigenvalue weighted by Crippen LogP contribution is 2.23. The maximum atomic E-state index is 10.8. The van der Waals surface area contributed by atoms with Crippen molar-refractivity contribution in [2.75, 3.05) is 0 Å². The maximum absolute atomic E-state index is 10.8. The Kier molecular flexibility index (Phi) is 4.94. The predicted octanol–water partition coefficient (Wildman–Crippen LogP) is 4.41. The van der Waals surface area contributed by atoms with Crippen molar-refractivity contribution in [3.8, 4) is 0 Å². The topological polar surface area (TPSA) is 55.2 Å². The molecule has 0 aliphatic heterocycles. The van der Waals surface area contributed by atoms with Crippen molar-refractivity contribution in [1.29, 1.82) is 0 Å². The van der Waals surface area contributed by atoms with Crippen molar-refractivity contribution in [3.63, 3.8) is 0 Å². The number of nitro benzene ring substituents is 1. The van der Waals surface area contributed by atoms with Crippen LogP contribution in [-0.4, -0.2) is 4.92 Å². The summed E-state index contributed by atoms with van der Waals surface area (Å²) in [5.41, 5.74) is 3.17. The third-order valence-electron chi connectivity index (χ3n) is 3.42. The molecule has 1 unspecified atom stereocenters. The van der Waals surface area contributed by atoms with Gasteiger partial charge >= 0.3 is 0 Å². The number of halogens is 1. The van der Waals surface area contributed by atoms with Gasteiger partial charge in [0, 0.05) is 29.7 Å². The number of aryl methyl sites for hydroxylation is 1. The minimum atomic E-state index is -0.413. The van der Waals surface area contributed by atoms with Crippen LogP contribution in [0.15, 0.2) is 42.5 Å². The van der Waals surface area contributed by atoms with Crippen molar-refractivity contribution in [1.82, 2.24) is 5.32 Å². The van der Waals surface area contributed by atoms with Gasteiger partial charge in [0.1, 0.15) is 0 Å². The van der Waals surface area contributed by atoms with E-state index in [1.54, 1.807) is 6.07 Å². The molecule has 0 radical (unpaired) electrons. The lowest BCUT2D eigenvalue weighted by Crippen LogP contribution is -2.18. The number of nitro groups is 1. The second kappa shape index (κ2) is 6.70. The summed E-state index contributed by atoms with van der Waals surface area (Å²) in [7, 11) is 0. The molecule has 0 fully saturated rings. The second-order valence-corrected chi connectivity index (χ2v) is 5.45. The first-order valence-corrected chi connectivity index (χ1v) is 7.08. The predicted molar refractivity (Wildman–Crippen MR) is 84.5 cm³/mol. The zero-order valence-electron chi connectivity index (χ0n) is 12.0. The Hall–Kier alpha value is -1.91. The smallest absolute Gasteiger partial charge is 0.269 e. The van der Waals surface area contributed by atoms with Gasteiger partial charge in [0.25, 0.3) is 5.69 Å². The highest BCUT2D eigenvalue weighted by molar-refractivity contribution is 6.31. The fraction of sp³-hybridized carbons (Fsp3) is 0.250. The lowest BCUT2D eigenvalue weighted by molar-refractivity contribution is -0.384. The van der Waals surface area contributed by atoms with Crippen molar-refractivity contribution in [2.45, 2.75) is 26.4 Å². The van der Waals surface area contributed by atoms with E-state index in [1.165, 1.54) is 23.3 Å². The fourth-order valence-electron chi connectivity index (χ4n) is 2.05. The molecule has 110 valence electrons. The summed E-state index contributed by atoms with van der Waals surface area (Å²) in [6.07, 6.45) is 0. The number of non-ortho nitro benzene ring substituents is 1. The molecule has 1 N–H and O–H groups in total. The number of nitrogens with one attached hydrogen (secondary N) is 1. The highest BCUT2D eigenvalue weighted by atomic mass is 35.5. The Balaban J connectivity index is 2.07. The van der Waals surface area contributed by atoms with Crippen molar-refractivity contribution < 1.29 is 4.92 Å². The van der Waals surface area contributed by atoms with Gasteiger partial charge in [-0.3, -0.25) is 10.1 Å². The molecule has 0 aliphatic carbocycles. The third-order valence-corrected chi connectivity index (χ3v) is 3.78. The van der Waals surface area contributed by atoms with Gasteiger partial charge in [0.2, 0.25) is 0 Å². The summed E-state index contributed by atoms with van der Waals surface area (Å²) >= 11 is 6.09. The average molecular weight is 305 g/mol. The molecule has 0 bridgehead atoms. The standard InChI is InChI=1S/C16H17ClN2O2/c1-11-3-5-13(6-4-11)12(2)18-10-14-9-15(19(20)21)7-8-16(14)17/h3-9,12,18H,10H2,1-2H3. The fourth-order valence-corrected chi connectivity index (χ4v) is 2.23. The van der Waals surface area contributed by atoms with Crippen LogP contribution in [0.5, 0.6) is 0 Å². The van der Waals surface area contributed by atoms with Crippen molar-refractivity contribution in [3.05, 3.63) is 74.3 Å². The molecule has 0 aromatic heterocycles. The van der Waals surface area contributed by atoms with E-state index in [0.717, 1.165) is 5.56 Å². The molecular weight excluding hydrogens is 288 g/mol. The summed E-state index contributed by atoms with van der Waals surface area (Å²) in [6, 6.07) is 12.9. The summed E-state index contributed by atoms with van der Waals surface area (Å²) in [5.74, 6) is 0. The molecule has 1 atom stereocenters. The van der Waals surface area contributed by atoms with E-state index < -0.39 is 4.92 Å². The summed E-state index contributed by atoms with van der Waals surface area (Å²) in [4.78, 5) is 10.4. The Morgan fingerprint density at radius 1 is 1.24 bits per heavy atom. The van der Waals surface area contributed by atoms with Gasteiger partial charge in [-0.25, -0.2) is 0 Å². The van der Waals surface area contributed by atoms with Gasteiger partial charge in [-0.15, -0.1) is 0 Å². The molecule has 0 saturated heterocycles. The van der Waals surface area contributed by atoms with E-state index in [9.17, 15) is 10.1 Å². The molecule has 0 heterocycles. The van der Waals surface area contributed by atoms with E-state index in [0.29, 0.717) is 11.6 Å². The molecule has 21 heavy (non-hydrogen) atoms. The van der Waals surface area contributed by atoms with Gasteiger partial charge < -0.3 is 5.32 Å². The van der Waals surface area contributed by atoms with Crippen LogP contribution in [0.25, 0.3) is 0 Å². The van der Waals surface area contributed by atoms with Gasteiger partial charge in [0.05, 0.1) is 4.92 Å². The van der Waals surface area contributed by atoms with Crippen LogP contribution in [0.1, 0.15) is 29.7 Å². The quantitative estimate of drug-likeness (QED) is 0.657. The van der Waals surface area contributed by atoms with Crippen molar-refractivity contribution in [2.24, 2.45) is 0 Å². The maximum Gasteiger partial charge on any atom is 0.269 e. The Labute approximate surface area is 128 Å². The number of benzene rings is 2. The number of hydrogen-bond acceptors (Lipinski definition) is 3. The van der Waals surface area contributed by atoms with Crippen LogP contribution in [0.2, 0.25) is 5.02 Å². The monoisotopic (exact) mass is 304 g/mol. The molecule has 2 aromatic carbocycles. The minimum Gasteiger partial charge on any atom is -0.306 e. The van der Waals surface area contributed by atoms with Gasteiger partial charge in [0.15, 0.2) is 0 Å². The summed E-state index contributed by atoms with van der Waals surface area (Å²) in [5, 5.41) is 14.7. The van der Waals surface area contributed by atoms with E-state index in [4.69, 9.17) is 11.6 Å². The lowest BCUT2D eigenvalue weighted by atomic mass is 10.1. The molecule has 4 nitrogen and oxygen atoms in total. The van der Waals surface area contributed by atoms with E-state index in [2.05, 4.69) is 36.5 Å². The zero-order chi connectivity index (χ0) is 15.4. The Morgan fingerprint density at radius 2 is 1.90 bits per heavy atom. The van der Waals surface area contributed by atoms with Gasteiger partial charge in [-0.1, -0.05) is 41.4 Å². The molecule has 0 amide bonds. The molecular formula is C16H17ClN2O2. The Bertz CT molecular complexity index is 641. The zero-order valence-corrected chi connectivity index (χ0v) is 12.7. The molecule has 0 saturated carbocycles. The summed E-state index contributed by atoms with van der Waals surface area (Å²) < 4.78 is 0. The first-order valence-electron chi connectivity index (χ1n) is 6.70. The van der Waals surface area contributed by atoms with Crippen LogP contribution in [0.3, 0.4) is 0 Å². The Morgan fingerprint density at radius 3 is 2.52 bits per heavy atom. The van der Waals surface area contributed by atoms with Crippen LogP contribution in [-0.2, 0) is 6.54 Å². The molecule has 5 heteroatoms. The van der Waals surface area contributed by atoms with Gasteiger partial charge in [-0.05, 0) is 31.0 Å². The number of nitrogens with zero attached hydrogens (tertiary/aromatic N) is 1. The first kappa shape index (κ1) is 15.5. The molecule has 2 rings (SSSR count). The van der Waals surface area contributed by atoms with E-state index >= 15 is 0 Å². The molecule has 0 aliphatic rings. The number of rotatable bonds is 5. The van der Waals surface area contributed by atoms with E-state index in [1.807, 2.05) is 6.92 Å². The lowest BCUT2D eigenvalue weighted by Gasteiger charge is -2.15. The molecule has 2 aromatic rings. The third kappa shape index (κ3) is 4.03. The largest absolute Gasteiger partial charge is 0.306 e. The SMILES string of the molecule is Cc1ccc(C(C)NCc2cc([N+](=O)[O-])ccc2Cl)cc1. The summed E-state index contributed by atoms with van der Waals surface area (Å²) in [6.45, 7) is 4.58. The van der Waals surface area contributed by atoms with Crippen LogP contribution in [0, 0.1) is 17.0 Å². The van der Waals surface area contributed by atoms with Gasteiger partial charge in [-0.2, -0.15) is 0 Å².